The maximum atomic E-state index is 13.5. The molecule has 2 aliphatic rings. The maximum Gasteiger partial charge on any atom is 0.307 e. The molecule has 1 spiro atoms. The van der Waals surface area contributed by atoms with E-state index in [1.165, 1.54) is 12.1 Å². The minimum atomic E-state index is -1.27. The number of aliphatic hydroxyl groups is 1. The quantitative estimate of drug-likeness (QED) is 0.556. The molecule has 1 saturated heterocycles. The minimum absolute atomic E-state index is 0.0152. The van der Waals surface area contributed by atoms with Crippen LogP contribution < -0.4 is 5.32 Å². The minimum Gasteiger partial charge on any atom is -0.508 e. The van der Waals surface area contributed by atoms with Gasteiger partial charge in [-0.05, 0) is 23.3 Å². The number of benzene rings is 2. The first-order valence-corrected chi connectivity index (χ1v) is 10.0. The number of nitrogens with zero attached hydrogens (tertiary/aromatic N) is 1. The predicted molar refractivity (Wildman–Crippen MR) is 112 cm³/mol. The van der Waals surface area contributed by atoms with Gasteiger partial charge < -0.3 is 29.6 Å². The lowest BCUT2D eigenvalue weighted by molar-refractivity contribution is -0.166. The van der Waals surface area contributed by atoms with Crippen molar-refractivity contribution in [1.82, 2.24) is 4.57 Å². The zero-order valence-corrected chi connectivity index (χ0v) is 16.9. The van der Waals surface area contributed by atoms with E-state index < -0.39 is 30.0 Å². The van der Waals surface area contributed by atoms with E-state index in [0.717, 1.165) is 16.5 Å². The first-order valence-electron chi connectivity index (χ1n) is 10.0. The maximum absolute atomic E-state index is 13.5. The molecule has 8 nitrogen and oxygen atoms in total. The third-order valence-corrected chi connectivity index (χ3v) is 6.35. The van der Waals surface area contributed by atoms with Gasteiger partial charge in [-0.2, -0.15) is 0 Å². The molecule has 3 N–H and O–H groups in total. The van der Waals surface area contributed by atoms with Crippen molar-refractivity contribution in [2.75, 3.05) is 19.0 Å². The van der Waals surface area contributed by atoms with Crippen LogP contribution in [0.4, 0.5) is 5.69 Å². The molecular formula is C23H22N2O6. The Balaban J connectivity index is 1.79. The van der Waals surface area contributed by atoms with E-state index in [4.69, 9.17) is 9.47 Å². The van der Waals surface area contributed by atoms with E-state index in [2.05, 4.69) is 5.32 Å². The lowest BCUT2D eigenvalue weighted by Crippen LogP contribution is -2.53. The van der Waals surface area contributed by atoms with Crippen LogP contribution in [-0.4, -0.2) is 46.5 Å². The Bertz CT molecular complexity index is 1200. The van der Waals surface area contributed by atoms with E-state index in [1.807, 2.05) is 35.0 Å². The van der Waals surface area contributed by atoms with E-state index in [0.29, 0.717) is 18.0 Å². The monoisotopic (exact) mass is 422 g/mol. The number of phenolic OH excluding ortho intramolecular Hbond substituents is 1. The number of aromatic nitrogens is 1. The largest absolute Gasteiger partial charge is 0.508 e. The fourth-order valence-electron chi connectivity index (χ4n) is 5.18. The van der Waals surface area contributed by atoms with Crippen LogP contribution in [-0.2, 0) is 31.2 Å². The van der Waals surface area contributed by atoms with Crippen molar-refractivity contribution in [3.63, 3.8) is 0 Å². The molecule has 1 fully saturated rings. The molecule has 1 aromatic heterocycles. The third-order valence-electron chi connectivity index (χ3n) is 6.35. The van der Waals surface area contributed by atoms with E-state index in [1.54, 1.807) is 13.2 Å². The number of hydrogen-bond donors (Lipinski definition) is 3. The molecule has 3 aromatic rings. The van der Waals surface area contributed by atoms with Gasteiger partial charge in [-0.1, -0.05) is 24.3 Å². The second-order valence-electron chi connectivity index (χ2n) is 8.01. The van der Waals surface area contributed by atoms with Gasteiger partial charge in [0.05, 0.1) is 24.0 Å². The smallest absolute Gasteiger partial charge is 0.307 e. The summed E-state index contributed by atoms with van der Waals surface area (Å²) in [6.45, 7) is -0.122. The van der Waals surface area contributed by atoms with Gasteiger partial charge in [-0.3, -0.25) is 9.59 Å². The van der Waals surface area contributed by atoms with Gasteiger partial charge >= 0.3 is 5.97 Å². The Morgan fingerprint density at radius 3 is 2.84 bits per heavy atom. The zero-order chi connectivity index (χ0) is 21.8. The molecule has 160 valence electrons. The Morgan fingerprint density at radius 1 is 1.26 bits per heavy atom. The molecule has 3 heterocycles. The molecule has 8 heteroatoms. The standard InChI is InChI=1S/C23H22N2O6/c1-30-12-25-10-15(14-4-2-3-5-18(14)25)21-19(11-26)31-20(28)9-23(21)16-7-6-13(27)8-17(16)24-22(23)29/h2-8,10,19,21,26-27H,9,11-12H2,1H3,(H,24,29)/t19-,21-,23-/m1/s1. The highest BCUT2D eigenvalue weighted by molar-refractivity contribution is 6.10. The van der Waals surface area contributed by atoms with Crippen LogP contribution >= 0.6 is 0 Å². The number of hydrogen-bond acceptors (Lipinski definition) is 6. The molecule has 2 aromatic carbocycles. The van der Waals surface area contributed by atoms with Gasteiger partial charge in [0.2, 0.25) is 5.91 Å². The second-order valence-corrected chi connectivity index (χ2v) is 8.01. The van der Waals surface area contributed by atoms with E-state index in [-0.39, 0.29) is 18.1 Å². The number of amides is 1. The number of phenols is 1. The van der Waals surface area contributed by atoms with Crippen LogP contribution in [0.1, 0.15) is 23.5 Å². The Kier molecular flexibility index (Phi) is 4.49. The summed E-state index contributed by atoms with van der Waals surface area (Å²) >= 11 is 0. The van der Waals surface area contributed by atoms with Crippen molar-refractivity contribution >= 4 is 28.5 Å². The number of rotatable bonds is 4. The number of methoxy groups -OCH3 is 1. The molecule has 1 amide bonds. The molecule has 5 rings (SSSR count). The highest BCUT2D eigenvalue weighted by Gasteiger charge is 2.60. The number of carbonyl (C=O) groups is 2. The summed E-state index contributed by atoms with van der Waals surface area (Å²) in [7, 11) is 1.60. The topological polar surface area (TPSA) is 110 Å². The van der Waals surface area contributed by atoms with Crippen LogP contribution in [0, 0.1) is 0 Å². The number of carbonyl (C=O) groups excluding carboxylic acids is 2. The molecule has 3 atom stereocenters. The van der Waals surface area contributed by atoms with Crippen LogP contribution in [0.2, 0.25) is 0 Å². The van der Waals surface area contributed by atoms with Crippen molar-refractivity contribution in [2.24, 2.45) is 0 Å². The van der Waals surface area contributed by atoms with Gasteiger partial charge in [0.1, 0.15) is 18.6 Å². The first kappa shape index (κ1) is 19.6. The first-order chi connectivity index (χ1) is 15.0. The summed E-state index contributed by atoms with van der Waals surface area (Å²) in [5.74, 6) is -1.52. The predicted octanol–water partition coefficient (Wildman–Crippen LogP) is 2.23. The number of esters is 1. The van der Waals surface area contributed by atoms with Crippen molar-refractivity contribution in [1.29, 1.82) is 0 Å². The van der Waals surface area contributed by atoms with Gasteiger partial charge in [-0.15, -0.1) is 0 Å². The summed E-state index contributed by atoms with van der Waals surface area (Å²) in [6, 6.07) is 12.4. The molecular weight excluding hydrogens is 400 g/mol. The number of aromatic hydroxyl groups is 1. The Labute approximate surface area is 178 Å². The normalized spacial score (nSPS) is 25.0. The van der Waals surface area contributed by atoms with Crippen molar-refractivity contribution < 1.29 is 29.3 Å². The SMILES string of the molecule is COCn1cc([C@@H]2[C@@H](CO)OC(=O)C[C@]23C(=O)Nc2cc(O)ccc23)c2ccccc21. The van der Waals surface area contributed by atoms with Gasteiger partial charge in [0, 0.05) is 36.4 Å². The molecule has 31 heavy (non-hydrogen) atoms. The van der Waals surface area contributed by atoms with Gasteiger partial charge in [0.15, 0.2) is 0 Å². The summed E-state index contributed by atoms with van der Waals surface area (Å²) in [4.78, 5) is 26.0. The average Bonchev–Trinajstić information content (AvgIpc) is 3.23. The molecule has 0 bridgehead atoms. The summed E-state index contributed by atoms with van der Waals surface area (Å²) < 4.78 is 12.8. The lowest BCUT2D eigenvalue weighted by Gasteiger charge is -2.43. The number of ether oxygens (including phenoxy) is 2. The van der Waals surface area contributed by atoms with E-state index in [9.17, 15) is 19.8 Å². The number of anilines is 1. The van der Waals surface area contributed by atoms with Crippen molar-refractivity contribution in [3.05, 3.63) is 59.8 Å². The Hall–Kier alpha value is -3.36. The number of nitrogens with one attached hydrogen (secondary N) is 1. The molecule has 0 unspecified atom stereocenters. The summed E-state index contributed by atoms with van der Waals surface area (Å²) in [6.07, 6.45) is 0.823. The van der Waals surface area contributed by atoms with Gasteiger partial charge in [0.25, 0.3) is 0 Å². The van der Waals surface area contributed by atoms with Crippen LogP contribution in [0.3, 0.4) is 0 Å². The van der Waals surface area contributed by atoms with Gasteiger partial charge in [-0.25, -0.2) is 0 Å². The number of aliphatic hydroxyl groups excluding tert-OH is 1. The van der Waals surface area contributed by atoms with Crippen LogP contribution in [0.15, 0.2) is 48.7 Å². The van der Waals surface area contributed by atoms with E-state index >= 15 is 0 Å². The highest BCUT2D eigenvalue weighted by Crippen LogP contribution is 2.55. The second kappa shape index (κ2) is 7.11. The summed E-state index contributed by atoms with van der Waals surface area (Å²) in [5.41, 5.74) is 1.50. The number of cyclic esters (lactones) is 1. The summed E-state index contributed by atoms with van der Waals surface area (Å²) in [5, 5.41) is 23.8. The fraction of sp³-hybridized carbons (Fsp3) is 0.304. The van der Waals surface area contributed by atoms with Crippen LogP contribution in [0.25, 0.3) is 10.9 Å². The zero-order valence-electron chi connectivity index (χ0n) is 16.9. The molecule has 0 aliphatic carbocycles. The fourth-order valence-corrected chi connectivity index (χ4v) is 5.18. The van der Waals surface area contributed by atoms with Crippen molar-refractivity contribution in [3.8, 4) is 5.75 Å². The number of fused-ring (bicyclic) bond motifs is 3. The molecule has 0 saturated carbocycles. The third kappa shape index (κ3) is 2.75. The highest BCUT2D eigenvalue weighted by atomic mass is 16.6. The molecule has 2 aliphatic heterocycles. The molecule has 0 radical (unpaired) electrons. The average molecular weight is 422 g/mol. The number of para-hydroxylation sites is 1. The van der Waals surface area contributed by atoms with Crippen LogP contribution in [0.5, 0.6) is 5.75 Å². The van der Waals surface area contributed by atoms with Crippen molar-refractivity contribution in [2.45, 2.75) is 30.6 Å². The lowest BCUT2D eigenvalue weighted by atomic mass is 9.63. The Morgan fingerprint density at radius 2 is 2.06 bits per heavy atom.